The summed E-state index contributed by atoms with van der Waals surface area (Å²) >= 11 is 3.43. The summed E-state index contributed by atoms with van der Waals surface area (Å²) in [5.74, 6) is 0.00431. The molecule has 0 bridgehead atoms. The van der Waals surface area contributed by atoms with Crippen LogP contribution in [0.25, 0.3) is 0 Å². The van der Waals surface area contributed by atoms with Crippen molar-refractivity contribution in [3.8, 4) is 0 Å². The SMILES string of the molecule is CC(CCc1ccc(Br)cc1)NC(=O)CC(N)c1ccccc1.Cl. The minimum Gasteiger partial charge on any atom is -0.354 e. The first-order chi connectivity index (χ1) is 11.0. The van der Waals surface area contributed by atoms with Gasteiger partial charge in [-0.1, -0.05) is 58.4 Å². The topological polar surface area (TPSA) is 55.1 Å². The third-order valence-corrected chi connectivity index (χ3v) is 4.35. The molecule has 0 radical (unpaired) electrons. The van der Waals surface area contributed by atoms with Crippen molar-refractivity contribution in [1.82, 2.24) is 5.32 Å². The van der Waals surface area contributed by atoms with Crippen LogP contribution < -0.4 is 11.1 Å². The van der Waals surface area contributed by atoms with Gasteiger partial charge in [-0.15, -0.1) is 12.4 Å². The molecule has 0 aliphatic rings. The van der Waals surface area contributed by atoms with Crippen molar-refractivity contribution in [1.29, 1.82) is 0 Å². The Morgan fingerprint density at radius 1 is 1.12 bits per heavy atom. The van der Waals surface area contributed by atoms with E-state index < -0.39 is 0 Å². The van der Waals surface area contributed by atoms with E-state index in [2.05, 4.69) is 33.4 Å². The van der Waals surface area contributed by atoms with Crippen molar-refractivity contribution >= 4 is 34.2 Å². The highest BCUT2D eigenvalue weighted by molar-refractivity contribution is 9.10. The van der Waals surface area contributed by atoms with Crippen molar-refractivity contribution in [2.45, 2.75) is 38.3 Å². The second-order valence-electron chi connectivity index (χ2n) is 5.86. The third kappa shape index (κ3) is 7.04. The van der Waals surface area contributed by atoms with E-state index in [1.165, 1.54) is 5.56 Å². The van der Waals surface area contributed by atoms with Gasteiger partial charge in [0.25, 0.3) is 0 Å². The van der Waals surface area contributed by atoms with Gasteiger partial charge >= 0.3 is 0 Å². The molecule has 5 heteroatoms. The lowest BCUT2D eigenvalue weighted by Gasteiger charge is -2.16. The number of nitrogens with two attached hydrogens (primary N) is 1. The molecule has 0 fully saturated rings. The molecule has 0 heterocycles. The van der Waals surface area contributed by atoms with Crippen LogP contribution in [-0.4, -0.2) is 11.9 Å². The van der Waals surface area contributed by atoms with E-state index in [0.29, 0.717) is 6.42 Å². The Hall–Kier alpha value is -1.36. The molecule has 0 aromatic heterocycles. The zero-order valence-corrected chi connectivity index (χ0v) is 16.1. The van der Waals surface area contributed by atoms with Gasteiger partial charge in [-0.2, -0.15) is 0 Å². The molecule has 2 aromatic rings. The fourth-order valence-corrected chi connectivity index (χ4v) is 2.72. The number of carbonyl (C=O) groups excluding carboxylic acids is 1. The van der Waals surface area contributed by atoms with Crippen LogP contribution in [-0.2, 0) is 11.2 Å². The maximum Gasteiger partial charge on any atom is 0.222 e. The van der Waals surface area contributed by atoms with Gasteiger partial charge in [-0.25, -0.2) is 0 Å². The Labute approximate surface area is 158 Å². The number of amides is 1. The second-order valence-corrected chi connectivity index (χ2v) is 6.77. The molecule has 0 spiro atoms. The Morgan fingerprint density at radius 2 is 1.75 bits per heavy atom. The summed E-state index contributed by atoms with van der Waals surface area (Å²) in [5.41, 5.74) is 8.35. The molecule has 2 aromatic carbocycles. The average Bonchev–Trinajstić information content (AvgIpc) is 2.55. The lowest BCUT2D eigenvalue weighted by atomic mass is 10.0. The molecular weight excluding hydrogens is 388 g/mol. The number of hydrogen-bond donors (Lipinski definition) is 2. The van der Waals surface area contributed by atoms with E-state index in [-0.39, 0.29) is 30.4 Å². The van der Waals surface area contributed by atoms with Crippen LogP contribution in [0.2, 0.25) is 0 Å². The molecule has 0 saturated heterocycles. The molecule has 3 N–H and O–H groups in total. The van der Waals surface area contributed by atoms with Crippen LogP contribution in [0.5, 0.6) is 0 Å². The van der Waals surface area contributed by atoms with Crippen LogP contribution in [0.15, 0.2) is 59.1 Å². The van der Waals surface area contributed by atoms with Crippen LogP contribution >= 0.6 is 28.3 Å². The van der Waals surface area contributed by atoms with Crippen LogP contribution in [0, 0.1) is 0 Å². The fourth-order valence-electron chi connectivity index (χ4n) is 2.46. The zero-order valence-electron chi connectivity index (χ0n) is 13.7. The first-order valence-corrected chi connectivity index (χ1v) is 8.68. The first-order valence-electron chi connectivity index (χ1n) is 7.89. The lowest BCUT2D eigenvalue weighted by Crippen LogP contribution is -2.34. The Morgan fingerprint density at radius 3 is 2.38 bits per heavy atom. The van der Waals surface area contributed by atoms with Crippen molar-refractivity contribution in [3.63, 3.8) is 0 Å². The monoisotopic (exact) mass is 410 g/mol. The highest BCUT2D eigenvalue weighted by Crippen LogP contribution is 2.14. The van der Waals surface area contributed by atoms with Gasteiger partial charge < -0.3 is 11.1 Å². The molecule has 2 atom stereocenters. The normalized spacial score (nSPS) is 12.8. The summed E-state index contributed by atoms with van der Waals surface area (Å²) in [6.45, 7) is 2.03. The number of rotatable bonds is 7. The molecule has 1 amide bonds. The smallest absolute Gasteiger partial charge is 0.222 e. The number of aryl methyl sites for hydroxylation is 1. The number of nitrogens with one attached hydrogen (secondary N) is 1. The Kier molecular flexibility index (Phi) is 9.04. The summed E-state index contributed by atoms with van der Waals surface area (Å²) in [7, 11) is 0. The largest absolute Gasteiger partial charge is 0.354 e. The predicted octanol–water partition coefficient (Wildman–Crippen LogP) is 4.40. The summed E-state index contributed by atoms with van der Waals surface area (Å²) in [6, 6.07) is 17.9. The number of carbonyl (C=O) groups is 1. The van der Waals surface area contributed by atoms with Gasteiger partial charge in [0, 0.05) is 23.0 Å². The van der Waals surface area contributed by atoms with Crippen LogP contribution in [0.4, 0.5) is 0 Å². The number of halogens is 2. The summed E-state index contributed by atoms with van der Waals surface area (Å²) in [5, 5.41) is 3.03. The maximum atomic E-state index is 12.1. The van der Waals surface area contributed by atoms with Gasteiger partial charge in [0.05, 0.1) is 0 Å². The summed E-state index contributed by atoms with van der Waals surface area (Å²) in [6.07, 6.45) is 2.17. The van der Waals surface area contributed by atoms with Crippen molar-refractivity contribution < 1.29 is 4.79 Å². The van der Waals surface area contributed by atoms with Gasteiger partial charge in [-0.3, -0.25) is 4.79 Å². The predicted molar refractivity (Wildman–Crippen MR) is 105 cm³/mol. The highest BCUT2D eigenvalue weighted by Gasteiger charge is 2.13. The molecule has 3 nitrogen and oxygen atoms in total. The van der Waals surface area contributed by atoms with Gasteiger partial charge in [-0.05, 0) is 43.0 Å². The first kappa shape index (κ1) is 20.7. The van der Waals surface area contributed by atoms with E-state index in [1.807, 2.05) is 49.4 Å². The van der Waals surface area contributed by atoms with E-state index in [4.69, 9.17) is 5.73 Å². The van der Waals surface area contributed by atoms with Gasteiger partial charge in [0.15, 0.2) is 0 Å². The van der Waals surface area contributed by atoms with Crippen LogP contribution in [0.1, 0.15) is 36.9 Å². The molecule has 0 aliphatic carbocycles. The lowest BCUT2D eigenvalue weighted by molar-refractivity contribution is -0.122. The van der Waals surface area contributed by atoms with Crippen molar-refractivity contribution in [2.24, 2.45) is 5.73 Å². The zero-order chi connectivity index (χ0) is 16.7. The second kappa shape index (κ2) is 10.5. The molecule has 2 unspecified atom stereocenters. The maximum absolute atomic E-state index is 12.1. The van der Waals surface area contributed by atoms with Crippen LogP contribution in [0.3, 0.4) is 0 Å². The minimum absolute atomic E-state index is 0. The molecule has 24 heavy (non-hydrogen) atoms. The quantitative estimate of drug-likeness (QED) is 0.709. The highest BCUT2D eigenvalue weighted by atomic mass is 79.9. The third-order valence-electron chi connectivity index (χ3n) is 3.82. The molecular formula is C19H24BrClN2O. The van der Waals surface area contributed by atoms with E-state index in [1.54, 1.807) is 0 Å². The molecule has 130 valence electrons. The Balaban J connectivity index is 0.00000288. The number of benzene rings is 2. The fraction of sp³-hybridized carbons (Fsp3) is 0.316. The van der Waals surface area contributed by atoms with E-state index in [0.717, 1.165) is 22.9 Å². The van der Waals surface area contributed by atoms with Gasteiger partial charge in [0.1, 0.15) is 0 Å². The minimum atomic E-state index is -0.255. The van der Waals surface area contributed by atoms with Gasteiger partial charge in [0.2, 0.25) is 5.91 Å². The number of hydrogen-bond acceptors (Lipinski definition) is 2. The summed E-state index contributed by atoms with van der Waals surface area (Å²) in [4.78, 5) is 12.1. The van der Waals surface area contributed by atoms with Crippen molar-refractivity contribution in [2.75, 3.05) is 0 Å². The average molecular weight is 412 g/mol. The van der Waals surface area contributed by atoms with E-state index >= 15 is 0 Å². The van der Waals surface area contributed by atoms with Crippen molar-refractivity contribution in [3.05, 3.63) is 70.2 Å². The summed E-state index contributed by atoms with van der Waals surface area (Å²) < 4.78 is 1.08. The Bertz CT molecular complexity index is 619. The van der Waals surface area contributed by atoms with E-state index in [9.17, 15) is 4.79 Å². The standard InChI is InChI=1S/C19H23BrN2O.ClH/c1-14(7-8-15-9-11-17(20)12-10-15)22-19(23)13-18(21)16-5-3-2-4-6-16;/h2-6,9-12,14,18H,7-8,13,21H2,1H3,(H,22,23);1H. The molecule has 2 rings (SSSR count). The molecule has 0 saturated carbocycles. The molecule has 0 aliphatic heterocycles.